The minimum absolute atomic E-state index is 0.0294. The van der Waals surface area contributed by atoms with Crippen LogP contribution < -0.4 is 16.0 Å². The van der Waals surface area contributed by atoms with Gasteiger partial charge in [0.15, 0.2) is 0 Å². The topological polar surface area (TPSA) is 82.7 Å². The summed E-state index contributed by atoms with van der Waals surface area (Å²) in [6, 6.07) is 11.1. The number of morpholine rings is 1. The van der Waals surface area contributed by atoms with Gasteiger partial charge in [0.05, 0.1) is 24.3 Å². The summed E-state index contributed by atoms with van der Waals surface area (Å²) in [5, 5.41) is 9.62. The minimum atomic E-state index is -1.19. The fourth-order valence-electron chi connectivity index (χ4n) is 6.57. The lowest BCUT2D eigenvalue weighted by atomic mass is 9.62. The summed E-state index contributed by atoms with van der Waals surface area (Å²) in [6.07, 6.45) is 1.39. The predicted molar refractivity (Wildman–Crippen MR) is 151 cm³/mol. The number of hydrogen-bond acceptors (Lipinski definition) is 5. The Balaban J connectivity index is 1.52. The molecule has 3 aliphatic heterocycles. The number of para-hydroxylation sites is 1. The molecule has 0 saturated carbocycles. The molecule has 0 bridgehead atoms. The van der Waals surface area contributed by atoms with Crippen molar-refractivity contribution in [3.63, 3.8) is 0 Å². The van der Waals surface area contributed by atoms with Crippen molar-refractivity contribution in [1.29, 1.82) is 0 Å². The van der Waals surface area contributed by atoms with Crippen LogP contribution in [-0.2, 0) is 19.7 Å². The lowest BCUT2D eigenvalue weighted by Crippen LogP contribution is -2.49. The molecule has 3 aliphatic rings. The molecule has 39 heavy (non-hydrogen) atoms. The van der Waals surface area contributed by atoms with E-state index in [4.69, 9.17) is 16.3 Å². The van der Waals surface area contributed by atoms with Crippen molar-refractivity contribution < 1.29 is 18.7 Å². The van der Waals surface area contributed by atoms with Gasteiger partial charge in [-0.05, 0) is 48.1 Å². The van der Waals surface area contributed by atoms with E-state index < -0.39 is 29.2 Å². The van der Waals surface area contributed by atoms with Crippen molar-refractivity contribution >= 4 is 29.1 Å². The van der Waals surface area contributed by atoms with Crippen LogP contribution in [0.4, 0.5) is 10.1 Å². The molecule has 2 aromatic carbocycles. The first-order valence-electron chi connectivity index (χ1n) is 13.8. The van der Waals surface area contributed by atoms with E-state index in [1.807, 2.05) is 24.3 Å². The zero-order valence-corrected chi connectivity index (χ0v) is 23.6. The molecular weight excluding hydrogens is 519 g/mol. The van der Waals surface area contributed by atoms with E-state index in [2.05, 4.69) is 41.6 Å². The van der Waals surface area contributed by atoms with Gasteiger partial charge in [0, 0.05) is 37.3 Å². The summed E-state index contributed by atoms with van der Waals surface area (Å²) in [6.45, 7) is 10.9. The van der Waals surface area contributed by atoms with E-state index in [1.54, 1.807) is 12.1 Å². The molecule has 0 aliphatic carbocycles. The number of nitrogens with zero attached hydrogens (tertiary/aromatic N) is 1. The predicted octanol–water partition coefficient (Wildman–Crippen LogP) is 4.07. The summed E-state index contributed by atoms with van der Waals surface area (Å²) in [7, 11) is 0. The second kappa shape index (κ2) is 11.2. The van der Waals surface area contributed by atoms with Crippen LogP contribution in [-0.4, -0.2) is 68.2 Å². The number of benzene rings is 2. The molecule has 3 heterocycles. The highest BCUT2D eigenvalue weighted by Crippen LogP contribution is 2.56. The molecule has 1 spiro atoms. The maximum atomic E-state index is 15.8. The summed E-state index contributed by atoms with van der Waals surface area (Å²) in [5.41, 5.74) is 0.395. The summed E-state index contributed by atoms with van der Waals surface area (Å²) in [5.74, 6) is -1.86. The molecule has 0 aromatic heterocycles. The Hall–Kier alpha value is -2.52. The van der Waals surface area contributed by atoms with Crippen LogP contribution in [0, 0.1) is 11.2 Å². The highest BCUT2D eigenvalue weighted by Gasteiger charge is 2.66. The lowest BCUT2D eigenvalue weighted by Gasteiger charge is -2.37. The zero-order chi connectivity index (χ0) is 27.8. The molecule has 2 saturated heterocycles. The number of carbonyl (C=O) groups excluding carboxylic acids is 2. The average Bonchev–Trinajstić information content (AvgIpc) is 3.38. The molecule has 9 heteroatoms. The third-order valence-corrected chi connectivity index (χ3v) is 8.51. The maximum Gasteiger partial charge on any atom is 0.237 e. The third kappa shape index (κ3) is 5.32. The van der Waals surface area contributed by atoms with E-state index in [-0.39, 0.29) is 27.8 Å². The van der Waals surface area contributed by atoms with E-state index in [0.717, 1.165) is 44.8 Å². The van der Waals surface area contributed by atoms with Crippen molar-refractivity contribution in [2.45, 2.75) is 57.0 Å². The Morgan fingerprint density at radius 3 is 2.67 bits per heavy atom. The van der Waals surface area contributed by atoms with Gasteiger partial charge in [0.25, 0.3) is 0 Å². The standard InChI is InChI=1S/C30H38ClFN4O3/c1-29(2,3)18-23-30(20-9-4-5-11-22(20)34-28(30)38)24(19-8-6-10-21(31)25(19)32)26(35-23)27(37)33-12-7-13-36-14-16-39-17-15-36/h4-6,8-11,23-24,26,35H,7,12-18H2,1-3H3,(H,33,37)(H,34,38)/t23-,24+,26-,30+/m1/s1. The SMILES string of the molecule is CC(C)(C)C[C@H]1N[C@@H](C(=O)NCCCN2CCOCC2)[C@H](c2cccc(Cl)c2F)[C@@]12C(=O)Nc1ccccc12. The molecule has 2 aromatic rings. The average molecular weight is 557 g/mol. The van der Waals surface area contributed by atoms with E-state index in [1.165, 1.54) is 6.07 Å². The zero-order valence-electron chi connectivity index (χ0n) is 22.9. The molecule has 5 rings (SSSR count). The Bertz CT molecular complexity index is 1230. The van der Waals surface area contributed by atoms with Crippen molar-refractivity contribution in [3.05, 3.63) is 64.4 Å². The number of carbonyl (C=O) groups is 2. The van der Waals surface area contributed by atoms with Gasteiger partial charge in [-0.25, -0.2) is 4.39 Å². The monoisotopic (exact) mass is 556 g/mol. The minimum Gasteiger partial charge on any atom is -0.379 e. The largest absolute Gasteiger partial charge is 0.379 e. The van der Waals surface area contributed by atoms with Crippen molar-refractivity contribution in [2.24, 2.45) is 5.41 Å². The highest BCUT2D eigenvalue weighted by atomic mass is 35.5. The lowest BCUT2D eigenvalue weighted by molar-refractivity contribution is -0.123. The van der Waals surface area contributed by atoms with Crippen LogP contribution in [0.1, 0.15) is 50.7 Å². The van der Waals surface area contributed by atoms with E-state index in [9.17, 15) is 9.59 Å². The van der Waals surface area contributed by atoms with Crippen LogP contribution in [0.5, 0.6) is 0 Å². The van der Waals surface area contributed by atoms with Gasteiger partial charge in [0.1, 0.15) is 11.2 Å². The fraction of sp³-hybridized carbons (Fsp3) is 0.533. The number of rotatable bonds is 7. The summed E-state index contributed by atoms with van der Waals surface area (Å²) in [4.78, 5) is 30.3. The van der Waals surface area contributed by atoms with E-state index in [0.29, 0.717) is 18.7 Å². The first-order valence-corrected chi connectivity index (χ1v) is 14.2. The molecule has 4 atom stereocenters. The normalized spacial score (nSPS) is 27.0. The number of anilines is 1. The molecule has 210 valence electrons. The van der Waals surface area contributed by atoms with Gasteiger partial charge in [-0.3, -0.25) is 14.5 Å². The van der Waals surface area contributed by atoms with Crippen LogP contribution in [0.3, 0.4) is 0 Å². The molecule has 2 amide bonds. The number of amides is 2. The van der Waals surface area contributed by atoms with Crippen molar-refractivity contribution in [1.82, 2.24) is 15.5 Å². The van der Waals surface area contributed by atoms with Crippen LogP contribution in [0.15, 0.2) is 42.5 Å². The fourth-order valence-corrected chi connectivity index (χ4v) is 6.76. The van der Waals surface area contributed by atoms with Crippen LogP contribution >= 0.6 is 11.6 Å². The van der Waals surface area contributed by atoms with Gasteiger partial charge in [-0.1, -0.05) is 62.7 Å². The van der Waals surface area contributed by atoms with Crippen molar-refractivity contribution in [3.8, 4) is 0 Å². The number of fused-ring (bicyclic) bond motifs is 2. The number of nitrogens with one attached hydrogen (secondary N) is 3. The molecule has 0 radical (unpaired) electrons. The molecule has 3 N–H and O–H groups in total. The number of hydrogen-bond donors (Lipinski definition) is 3. The van der Waals surface area contributed by atoms with Gasteiger partial charge in [-0.15, -0.1) is 0 Å². The second-order valence-electron chi connectivity index (χ2n) is 12.0. The highest BCUT2D eigenvalue weighted by molar-refractivity contribution is 6.30. The molecule has 7 nitrogen and oxygen atoms in total. The number of halogens is 2. The van der Waals surface area contributed by atoms with Gasteiger partial charge in [-0.2, -0.15) is 0 Å². The Morgan fingerprint density at radius 2 is 1.92 bits per heavy atom. The Morgan fingerprint density at radius 1 is 1.18 bits per heavy atom. The van der Waals surface area contributed by atoms with Gasteiger partial charge >= 0.3 is 0 Å². The Labute approximate surface area is 234 Å². The van der Waals surface area contributed by atoms with Gasteiger partial charge in [0.2, 0.25) is 11.8 Å². The quantitative estimate of drug-likeness (QED) is 0.448. The maximum absolute atomic E-state index is 15.8. The third-order valence-electron chi connectivity index (χ3n) is 8.22. The van der Waals surface area contributed by atoms with Crippen molar-refractivity contribution in [2.75, 3.05) is 44.7 Å². The molecule has 2 fully saturated rings. The van der Waals surface area contributed by atoms with Crippen LogP contribution in [0.2, 0.25) is 5.02 Å². The van der Waals surface area contributed by atoms with E-state index >= 15 is 4.39 Å². The first-order chi connectivity index (χ1) is 18.6. The first kappa shape index (κ1) is 28.0. The molecule has 0 unspecified atom stereocenters. The number of ether oxygens (including phenoxy) is 1. The second-order valence-corrected chi connectivity index (χ2v) is 12.5. The summed E-state index contributed by atoms with van der Waals surface area (Å²) < 4.78 is 21.2. The summed E-state index contributed by atoms with van der Waals surface area (Å²) >= 11 is 6.26. The smallest absolute Gasteiger partial charge is 0.237 e. The van der Waals surface area contributed by atoms with Gasteiger partial charge < -0.3 is 20.7 Å². The van der Waals surface area contributed by atoms with Crippen LogP contribution in [0.25, 0.3) is 0 Å². The Kier molecular flexibility index (Phi) is 8.02. The molecular formula is C30H38ClFN4O3.